The van der Waals surface area contributed by atoms with E-state index in [9.17, 15) is 0 Å². The largest absolute Gasteiger partial charge is 0.457 e. The molecule has 75 heavy (non-hydrogen) atoms. The van der Waals surface area contributed by atoms with Crippen LogP contribution in [0.4, 0.5) is 17.1 Å². The maximum atomic E-state index is 6.79. The Morgan fingerprint density at radius 3 is 1.49 bits per heavy atom. The van der Waals surface area contributed by atoms with Gasteiger partial charge in [-0.1, -0.05) is 224 Å². The highest BCUT2D eigenvalue weighted by atomic mass is 32.2. The molecular weight excluding hydrogens is 927 g/mol. The van der Waals surface area contributed by atoms with Crippen LogP contribution in [0.3, 0.4) is 0 Å². The molecule has 2 nitrogen and oxygen atoms in total. The number of ether oxygens (including phenoxy) is 1. The van der Waals surface area contributed by atoms with Crippen molar-refractivity contribution in [1.82, 2.24) is 0 Å². The fraction of sp³-hybridized carbons (Fsp3) is 0.0278. The van der Waals surface area contributed by atoms with Crippen LogP contribution in [0.2, 0.25) is 0 Å². The van der Waals surface area contributed by atoms with Crippen molar-refractivity contribution >= 4 is 39.6 Å². The van der Waals surface area contributed by atoms with Crippen molar-refractivity contribution in [3.8, 4) is 56.0 Å². The fourth-order valence-electron chi connectivity index (χ4n) is 13.5. The highest BCUT2D eigenvalue weighted by Crippen LogP contribution is 2.66. The lowest BCUT2D eigenvalue weighted by atomic mass is 9.66. The van der Waals surface area contributed by atoms with Gasteiger partial charge in [0.05, 0.1) is 16.5 Å². The minimum atomic E-state index is -0.625. The summed E-state index contributed by atoms with van der Waals surface area (Å²) in [6.45, 7) is 0. The second-order valence-corrected chi connectivity index (χ2v) is 21.3. The highest BCUT2D eigenvalue weighted by molar-refractivity contribution is 7.99. The molecule has 2 spiro atoms. The molecule has 3 heteroatoms. The Morgan fingerprint density at radius 1 is 0.293 bits per heavy atom. The number of benzene rings is 12. The molecule has 0 aromatic heterocycles. The number of rotatable bonds is 5. The molecule has 350 valence electrons. The number of anilines is 3. The molecule has 0 amide bonds. The zero-order valence-electron chi connectivity index (χ0n) is 40.7. The molecule has 2 heterocycles. The zero-order valence-corrected chi connectivity index (χ0v) is 41.6. The summed E-state index contributed by atoms with van der Waals surface area (Å²) in [5.74, 6) is 1.77. The van der Waals surface area contributed by atoms with Gasteiger partial charge >= 0.3 is 0 Å². The van der Waals surface area contributed by atoms with Gasteiger partial charge in [-0.3, -0.25) is 0 Å². The number of hydrogen-bond acceptors (Lipinski definition) is 3. The lowest BCUT2D eigenvalue weighted by Crippen LogP contribution is -2.32. The molecule has 0 N–H and O–H groups in total. The van der Waals surface area contributed by atoms with Gasteiger partial charge in [0, 0.05) is 37.9 Å². The van der Waals surface area contributed by atoms with Crippen molar-refractivity contribution in [2.24, 2.45) is 0 Å². The van der Waals surface area contributed by atoms with E-state index in [0.717, 1.165) is 39.7 Å². The van der Waals surface area contributed by atoms with Crippen molar-refractivity contribution in [1.29, 1.82) is 0 Å². The van der Waals surface area contributed by atoms with Crippen LogP contribution in [-0.4, -0.2) is 0 Å². The summed E-state index contributed by atoms with van der Waals surface area (Å²) < 4.78 is 6.79. The van der Waals surface area contributed by atoms with Crippen LogP contribution in [0.25, 0.3) is 55.3 Å². The van der Waals surface area contributed by atoms with Crippen molar-refractivity contribution in [3.05, 3.63) is 317 Å². The predicted octanol–water partition coefficient (Wildman–Crippen LogP) is 18.9. The SMILES string of the molecule is c1ccc(-c2ccc(-c3ccc(N(c4ccc5c(c4)C4(c6ccccc6Oc6ccccc64)c4ccccc4-5)c4cccc5c4-c4ccccc4C54c5ccccc5Sc5cc6ccccc6cc54)cc3)cc2)cc1. The van der Waals surface area contributed by atoms with Crippen LogP contribution in [0.15, 0.2) is 283 Å². The lowest BCUT2D eigenvalue weighted by Gasteiger charge is -2.40. The third-order valence-electron chi connectivity index (χ3n) is 16.6. The van der Waals surface area contributed by atoms with E-state index >= 15 is 0 Å². The quantitative estimate of drug-likeness (QED) is 0.171. The van der Waals surface area contributed by atoms with E-state index in [1.807, 2.05) is 11.8 Å². The molecule has 0 saturated heterocycles. The Morgan fingerprint density at radius 2 is 0.787 bits per heavy atom. The van der Waals surface area contributed by atoms with Gasteiger partial charge in [0.25, 0.3) is 0 Å². The van der Waals surface area contributed by atoms with Gasteiger partial charge in [0.2, 0.25) is 0 Å². The van der Waals surface area contributed by atoms with Crippen LogP contribution in [-0.2, 0) is 10.8 Å². The first-order valence-corrected chi connectivity index (χ1v) is 26.7. The first kappa shape index (κ1) is 42.4. The minimum absolute atomic E-state index is 0.566. The average molecular weight is 972 g/mol. The Kier molecular flexibility index (Phi) is 9.14. The molecule has 0 saturated carbocycles. The van der Waals surface area contributed by atoms with E-state index in [4.69, 9.17) is 4.74 Å². The number of fused-ring (bicyclic) bond motifs is 19. The topological polar surface area (TPSA) is 12.5 Å². The van der Waals surface area contributed by atoms with E-state index in [1.165, 1.54) is 98.5 Å². The van der Waals surface area contributed by atoms with Crippen molar-refractivity contribution in [2.75, 3.05) is 4.90 Å². The maximum Gasteiger partial charge on any atom is 0.132 e. The van der Waals surface area contributed by atoms with E-state index < -0.39 is 10.8 Å². The van der Waals surface area contributed by atoms with Crippen molar-refractivity contribution in [2.45, 2.75) is 20.6 Å². The first-order valence-electron chi connectivity index (χ1n) is 25.9. The van der Waals surface area contributed by atoms with E-state index in [2.05, 4.69) is 278 Å². The molecule has 2 aliphatic carbocycles. The molecule has 12 aromatic rings. The van der Waals surface area contributed by atoms with E-state index in [0.29, 0.717) is 0 Å². The maximum absolute atomic E-state index is 6.79. The van der Waals surface area contributed by atoms with Crippen LogP contribution < -0.4 is 9.64 Å². The van der Waals surface area contributed by atoms with Crippen molar-refractivity contribution in [3.63, 3.8) is 0 Å². The second-order valence-electron chi connectivity index (χ2n) is 20.2. The summed E-state index contributed by atoms with van der Waals surface area (Å²) in [6, 6.07) is 101. The third-order valence-corrected chi connectivity index (χ3v) is 17.7. The van der Waals surface area contributed by atoms with Crippen molar-refractivity contribution < 1.29 is 4.74 Å². The average Bonchev–Trinajstić information content (AvgIpc) is 4.15. The Balaban J connectivity index is 0.955. The van der Waals surface area contributed by atoms with Gasteiger partial charge in [0.15, 0.2) is 0 Å². The second kappa shape index (κ2) is 16.2. The van der Waals surface area contributed by atoms with Gasteiger partial charge in [-0.15, -0.1) is 0 Å². The standard InChI is InChI=1S/C72H45NOS/c1-2-17-46(18-3-1)47-33-35-48(36-34-47)49-37-39-52(40-38-49)73(53-41-42-55-54-21-6-8-23-57(54)71(63(55)45-53)59-25-10-13-30-66(59)74-67-31-14-11-26-60(67)71)65-29-16-28-62-70(65)56-22-7-9-24-58(56)72(62)61-27-12-15-32-68(61)75-69-44-51-20-5-4-19-50(51)43-64(69)72/h1-45H. The first-order chi connectivity index (χ1) is 37.2. The zero-order chi connectivity index (χ0) is 49.2. The van der Waals surface area contributed by atoms with E-state index in [-0.39, 0.29) is 0 Å². The molecular formula is C72H45NOS. The molecule has 0 radical (unpaired) electrons. The smallest absolute Gasteiger partial charge is 0.132 e. The highest BCUT2D eigenvalue weighted by Gasteiger charge is 2.53. The summed E-state index contributed by atoms with van der Waals surface area (Å²) in [7, 11) is 0. The summed E-state index contributed by atoms with van der Waals surface area (Å²) in [6.07, 6.45) is 0. The predicted molar refractivity (Wildman–Crippen MR) is 308 cm³/mol. The molecule has 12 aromatic carbocycles. The normalized spacial score (nSPS) is 15.4. The number of para-hydroxylation sites is 2. The summed E-state index contributed by atoms with van der Waals surface area (Å²) in [4.78, 5) is 5.12. The summed E-state index contributed by atoms with van der Waals surface area (Å²) >= 11 is 1.90. The van der Waals surface area contributed by atoms with Crippen LogP contribution >= 0.6 is 11.8 Å². The Hall–Kier alpha value is -9.15. The molecule has 0 fully saturated rings. The van der Waals surface area contributed by atoms with Gasteiger partial charge in [0.1, 0.15) is 11.5 Å². The van der Waals surface area contributed by atoms with E-state index in [1.54, 1.807) is 0 Å². The lowest BCUT2D eigenvalue weighted by molar-refractivity contribution is 0.436. The Bertz CT molecular complexity index is 4260. The minimum Gasteiger partial charge on any atom is -0.457 e. The monoisotopic (exact) mass is 971 g/mol. The van der Waals surface area contributed by atoms with Gasteiger partial charge in [-0.2, -0.15) is 0 Å². The van der Waals surface area contributed by atoms with Gasteiger partial charge < -0.3 is 9.64 Å². The molecule has 16 rings (SSSR count). The Labute approximate surface area is 440 Å². The van der Waals surface area contributed by atoms with Crippen LogP contribution in [0.1, 0.15) is 44.5 Å². The van der Waals surface area contributed by atoms with Gasteiger partial charge in [-0.25, -0.2) is 0 Å². The fourth-order valence-corrected chi connectivity index (χ4v) is 14.7. The third kappa shape index (κ3) is 5.93. The number of nitrogens with zero attached hydrogens (tertiary/aromatic N) is 1. The number of hydrogen-bond donors (Lipinski definition) is 0. The molecule has 4 aliphatic rings. The van der Waals surface area contributed by atoms with Crippen LogP contribution in [0, 0.1) is 0 Å². The molecule has 0 bridgehead atoms. The molecule has 2 aliphatic heterocycles. The molecule has 1 atom stereocenters. The van der Waals surface area contributed by atoms with Crippen LogP contribution in [0.5, 0.6) is 11.5 Å². The summed E-state index contributed by atoms with van der Waals surface area (Å²) in [5, 5.41) is 2.50. The van der Waals surface area contributed by atoms with Gasteiger partial charge in [-0.05, 0) is 144 Å². The molecule has 1 unspecified atom stereocenters. The summed E-state index contributed by atoms with van der Waals surface area (Å²) in [5.41, 5.74) is 21.9.